The minimum Gasteiger partial charge on any atom is -1.00 e. The molecule has 0 atom stereocenters. The van der Waals surface area contributed by atoms with Crippen LogP contribution in [0.3, 0.4) is 0 Å². The zero-order valence-corrected chi connectivity index (χ0v) is 15.6. The van der Waals surface area contributed by atoms with Crippen LogP contribution in [0.5, 0.6) is 0 Å². The fourth-order valence-corrected chi connectivity index (χ4v) is 1.84. The Balaban J connectivity index is 0.00000180. The molecule has 20 heavy (non-hydrogen) atoms. The Hall–Kier alpha value is -0.760. The van der Waals surface area contributed by atoms with Gasteiger partial charge in [-0.2, -0.15) is 0 Å². The van der Waals surface area contributed by atoms with Crippen LogP contribution in [0.2, 0.25) is 0 Å². The van der Waals surface area contributed by atoms with Gasteiger partial charge in [0, 0.05) is 24.3 Å². The molecule has 2 aromatic rings. The molecule has 0 fully saturated rings. The molecular formula is C16H18I2N2. The van der Waals surface area contributed by atoms with Crippen LogP contribution in [0.15, 0.2) is 74.4 Å². The number of hydrogen-bond acceptors (Lipinski definition) is 0. The summed E-state index contributed by atoms with van der Waals surface area (Å²) in [7, 11) is 0. The molecule has 0 saturated carbocycles. The van der Waals surface area contributed by atoms with E-state index in [0.29, 0.717) is 0 Å². The third kappa shape index (κ3) is 5.32. The van der Waals surface area contributed by atoms with Gasteiger partial charge in [-0.05, 0) is 23.3 Å². The first-order valence-electron chi connectivity index (χ1n) is 6.04. The van der Waals surface area contributed by atoms with Crippen molar-refractivity contribution in [3.05, 3.63) is 74.4 Å². The van der Waals surface area contributed by atoms with Gasteiger partial charge in [-0.3, -0.25) is 0 Å². The zero-order chi connectivity index (χ0) is 12.8. The van der Waals surface area contributed by atoms with E-state index in [0.717, 1.165) is 13.1 Å². The van der Waals surface area contributed by atoms with Gasteiger partial charge in [0.25, 0.3) is 0 Å². The van der Waals surface area contributed by atoms with Crippen molar-refractivity contribution < 1.29 is 57.1 Å². The lowest BCUT2D eigenvalue weighted by Gasteiger charge is -1.99. The second-order valence-corrected chi connectivity index (χ2v) is 4.14. The Bertz CT molecular complexity index is 482. The maximum atomic E-state index is 3.73. The summed E-state index contributed by atoms with van der Waals surface area (Å²) in [5, 5.41) is 0. The van der Waals surface area contributed by atoms with Gasteiger partial charge < -0.3 is 48.0 Å². The molecule has 0 N–H and O–H groups in total. The number of allylic oxidation sites excluding steroid dienone is 2. The fourth-order valence-electron chi connectivity index (χ4n) is 1.84. The number of aromatic nitrogens is 2. The van der Waals surface area contributed by atoms with E-state index in [9.17, 15) is 0 Å². The maximum absolute atomic E-state index is 3.73. The van der Waals surface area contributed by atoms with Crippen LogP contribution < -0.4 is 57.1 Å². The molecule has 2 aromatic heterocycles. The number of halogens is 2. The Morgan fingerprint density at radius 2 is 1.00 bits per heavy atom. The van der Waals surface area contributed by atoms with Crippen LogP contribution in [0.1, 0.15) is 0 Å². The molecule has 0 saturated heterocycles. The Morgan fingerprint density at radius 1 is 0.700 bits per heavy atom. The molecule has 2 rings (SSSR count). The maximum Gasteiger partial charge on any atom is 0.169 e. The third-order valence-corrected chi connectivity index (χ3v) is 2.80. The monoisotopic (exact) mass is 492 g/mol. The summed E-state index contributed by atoms with van der Waals surface area (Å²) in [6.45, 7) is 9.15. The lowest BCUT2D eigenvalue weighted by molar-refractivity contribution is -0.687. The highest BCUT2D eigenvalue weighted by Gasteiger charge is 2.03. The average Bonchev–Trinajstić information content (AvgIpc) is 2.41. The summed E-state index contributed by atoms with van der Waals surface area (Å²) >= 11 is 0. The van der Waals surface area contributed by atoms with Gasteiger partial charge in [0.2, 0.25) is 0 Å². The first-order chi connectivity index (χ1) is 8.83. The largest absolute Gasteiger partial charge is 1.00 e. The van der Waals surface area contributed by atoms with Crippen LogP contribution in [-0.4, -0.2) is 0 Å². The van der Waals surface area contributed by atoms with Gasteiger partial charge in [-0.25, -0.2) is 9.13 Å². The molecule has 0 aromatic carbocycles. The highest BCUT2D eigenvalue weighted by atomic mass is 127. The number of nitrogens with zero attached hydrogens (tertiary/aromatic N) is 2. The molecule has 0 aliphatic rings. The van der Waals surface area contributed by atoms with Gasteiger partial charge in [-0.1, -0.05) is 13.2 Å². The Labute approximate surface area is 154 Å². The van der Waals surface area contributed by atoms with Crippen molar-refractivity contribution in [3.63, 3.8) is 0 Å². The third-order valence-electron chi connectivity index (χ3n) is 2.80. The van der Waals surface area contributed by atoms with E-state index < -0.39 is 0 Å². The number of rotatable bonds is 5. The van der Waals surface area contributed by atoms with E-state index in [1.54, 1.807) is 0 Å². The smallest absolute Gasteiger partial charge is 0.169 e. The van der Waals surface area contributed by atoms with Crippen molar-refractivity contribution in [1.29, 1.82) is 0 Å². The van der Waals surface area contributed by atoms with Crippen LogP contribution in [0.4, 0.5) is 0 Å². The Morgan fingerprint density at radius 3 is 1.25 bits per heavy atom. The second kappa shape index (κ2) is 10.0. The molecule has 106 valence electrons. The standard InChI is InChI=1S/C16H18N2.2HI/c1-3-9-17-11-5-15(6-12-17)16-7-13-18(10-4-2)14-8-16;;/h3-8,11-14H,1-2,9-10H2;2*1H/q+2;;/p-2. The van der Waals surface area contributed by atoms with Crippen molar-refractivity contribution in [2.24, 2.45) is 0 Å². The number of hydrogen-bond donors (Lipinski definition) is 0. The quantitative estimate of drug-likeness (QED) is 0.231. The van der Waals surface area contributed by atoms with Crippen LogP contribution >= 0.6 is 0 Å². The van der Waals surface area contributed by atoms with Crippen LogP contribution in [-0.2, 0) is 13.1 Å². The topological polar surface area (TPSA) is 7.76 Å². The van der Waals surface area contributed by atoms with E-state index in [1.807, 2.05) is 12.2 Å². The molecule has 0 unspecified atom stereocenters. The van der Waals surface area contributed by atoms with Crippen LogP contribution in [0, 0.1) is 0 Å². The summed E-state index contributed by atoms with van der Waals surface area (Å²) in [5.74, 6) is 0. The summed E-state index contributed by atoms with van der Waals surface area (Å²) in [5.41, 5.74) is 2.45. The lowest BCUT2D eigenvalue weighted by atomic mass is 10.1. The van der Waals surface area contributed by atoms with Gasteiger partial charge >= 0.3 is 0 Å². The zero-order valence-electron chi connectivity index (χ0n) is 11.3. The van der Waals surface area contributed by atoms with Crippen LogP contribution in [0.25, 0.3) is 11.1 Å². The molecular weight excluding hydrogens is 474 g/mol. The highest BCUT2D eigenvalue weighted by Crippen LogP contribution is 2.15. The number of pyridine rings is 2. The fraction of sp³-hybridized carbons (Fsp3) is 0.125. The summed E-state index contributed by atoms with van der Waals surface area (Å²) in [4.78, 5) is 0. The molecule has 4 heteroatoms. The average molecular weight is 492 g/mol. The molecule has 2 nitrogen and oxygen atoms in total. The molecule has 0 aliphatic heterocycles. The first-order valence-corrected chi connectivity index (χ1v) is 6.04. The minimum atomic E-state index is 0. The summed E-state index contributed by atoms with van der Waals surface area (Å²) in [6.07, 6.45) is 12.1. The highest BCUT2D eigenvalue weighted by molar-refractivity contribution is 5.60. The van der Waals surface area contributed by atoms with Crippen molar-refractivity contribution in [2.75, 3.05) is 0 Å². The lowest BCUT2D eigenvalue weighted by Crippen LogP contribution is -3.00. The van der Waals surface area contributed by atoms with E-state index in [2.05, 4.69) is 71.3 Å². The summed E-state index contributed by atoms with van der Waals surface area (Å²) < 4.78 is 4.19. The second-order valence-electron chi connectivity index (χ2n) is 4.14. The van der Waals surface area contributed by atoms with Gasteiger partial charge in [0.15, 0.2) is 37.9 Å². The molecule has 0 amide bonds. The normalized spacial score (nSPS) is 9.00. The van der Waals surface area contributed by atoms with Gasteiger partial charge in [0.1, 0.15) is 0 Å². The van der Waals surface area contributed by atoms with Crippen molar-refractivity contribution in [3.8, 4) is 11.1 Å². The molecule has 0 aliphatic carbocycles. The first kappa shape index (κ1) is 19.2. The van der Waals surface area contributed by atoms with Crippen molar-refractivity contribution in [2.45, 2.75) is 13.1 Å². The van der Waals surface area contributed by atoms with E-state index in [4.69, 9.17) is 0 Å². The molecule has 0 bridgehead atoms. The predicted octanol–water partition coefficient (Wildman–Crippen LogP) is -3.69. The van der Waals surface area contributed by atoms with Gasteiger partial charge in [0.05, 0.1) is 0 Å². The van der Waals surface area contributed by atoms with Gasteiger partial charge in [-0.15, -0.1) is 0 Å². The van der Waals surface area contributed by atoms with E-state index >= 15 is 0 Å². The SMILES string of the molecule is C=CC[n+]1ccc(-c2cc[n+](CC=C)cc2)cc1.[I-].[I-]. The molecule has 0 radical (unpaired) electrons. The summed E-state index contributed by atoms with van der Waals surface area (Å²) in [6, 6.07) is 8.49. The predicted molar refractivity (Wildman–Crippen MR) is 72.7 cm³/mol. The van der Waals surface area contributed by atoms with Crippen molar-refractivity contribution >= 4 is 0 Å². The Kier molecular flexibility index (Phi) is 9.66. The molecule has 2 heterocycles. The van der Waals surface area contributed by atoms with E-state index in [1.165, 1.54) is 11.1 Å². The molecule has 0 spiro atoms. The van der Waals surface area contributed by atoms with Crippen molar-refractivity contribution in [1.82, 2.24) is 0 Å². The van der Waals surface area contributed by atoms with E-state index in [-0.39, 0.29) is 48.0 Å². The minimum absolute atomic E-state index is 0.